The molecule has 22 heavy (non-hydrogen) atoms. The van der Waals surface area contributed by atoms with Gasteiger partial charge in [0.15, 0.2) is 0 Å². The highest BCUT2D eigenvalue weighted by molar-refractivity contribution is 5.94. The van der Waals surface area contributed by atoms with Crippen molar-refractivity contribution < 1.29 is 14.3 Å². The number of nitrogens with zero attached hydrogens (tertiary/aromatic N) is 4. The number of benzene rings is 1. The maximum absolute atomic E-state index is 12.3. The molecule has 2 heterocycles. The molecule has 1 aromatic heterocycles. The average molecular weight is 302 g/mol. The van der Waals surface area contributed by atoms with E-state index in [1.807, 2.05) is 6.20 Å². The predicted octanol–water partition coefficient (Wildman–Crippen LogP) is 1.00. The maximum Gasteiger partial charge on any atom is 0.254 e. The molecule has 0 spiro atoms. The number of carbonyl (C=O) groups is 1. The smallest absolute Gasteiger partial charge is 0.254 e. The number of hydrogen-bond acceptors (Lipinski definition) is 5. The molecular weight excluding hydrogens is 284 g/mol. The SMILES string of the molecule is COCCOc1ccc(C(=O)N2CC(n3ccnn3)C2)cc1. The van der Waals surface area contributed by atoms with Crippen LogP contribution < -0.4 is 4.74 Å². The summed E-state index contributed by atoms with van der Waals surface area (Å²) in [5.74, 6) is 0.762. The van der Waals surface area contributed by atoms with Crippen molar-refractivity contribution in [3.05, 3.63) is 42.2 Å². The van der Waals surface area contributed by atoms with Gasteiger partial charge in [-0.05, 0) is 24.3 Å². The third-order valence-corrected chi connectivity index (χ3v) is 3.62. The van der Waals surface area contributed by atoms with E-state index < -0.39 is 0 Å². The van der Waals surface area contributed by atoms with E-state index in [0.717, 1.165) is 5.75 Å². The minimum Gasteiger partial charge on any atom is -0.491 e. The Morgan fingerprint density at radius 1 is 1.27 bits per heavy atom. The fourth-order valence-electron chi connectivity index (χ4n) is 2.32. The standard InChI is InChI=1S/C15H18N4O3/c1-21-8-9-22-14-4-2-12(3-5-14)15(20)18-10-13(11-18)19-7-6-16-17-19/h2-7,13H,8-11H2,1H3. The lowest BCUT2D eigenvalue weighted by atomic mass is 10.1. The molecule has 1 aromatic carbocycles. The van der Waals surface area contributed by atoms with Crippen LogP contribution >= 0.6 is 0 Å². The number of hydrogen-bond donors (Lipinski definition) is 0. The molecule has 1 aliphatic rings. The fraction of sp³-hybridized carbons (Fsp3) is 0.400. The highest BCUT2D eigenvalue weighted by atomic mass is 16.5. The minimum atomic E-state index is 0.0276. The van der Waals surface area contributed by atoms with Crippen molar-refractivity contribution in [1.29, 1.82) is 0 Å². The Morgan fingerprint density at radius 2 is 2.05 bits per heavy atom. The van der Waals surface area contributed by atoms with E-state index >= 15 is 0 Å². The molecule has 0 bridgehead atoms. The van der Waals surface area contributed by atoms with Gasteiger partial charge in [0.05, 0.1) is 18.8 Å². The summed E-state index contributed by atoms with van der Waals surface area (Å²) in [5.41, 5.74) is 0.663. The van der Waals surface area contributed by atoms with Crippen LogP contribution in [0.2, 0.25) is 0 Å². The molecule has 1 aliphatic heterocycles. The van der Waals surface area contributed by atoms with Crippen LogP contribution in [0.15, 0.2) is 36.7 Å². The zero-order chi connectivity index (χ0) is 15.4. The lowest BCUT2D eigenvalue weighted by Gasteiger charge is -2.38. The summed E-state index contributed by atoms with van der Waals surface area (Å²) in [6.45, 7) is 2.36. The van der Waals surface area contributed by atoms with Gasteiger partial charge >= 0.3 is 0 Å². The zero-order valence-electron chi connectivity index (χ0n) is 12.4. The van der Waals surface area contributed by atoms with Crippen LogP contribution in [0.1, 0.15) is 16.4 Å². The van der Waals surface area contributed by atoms with Crippen LogP contribution in [-0.2, 0) is 4.74 Å². The Hall–Kier alpha value is -2.41. The summed E-state index contributed by atoms with van der Waals surface area (Å²) in [4.78, 5) is 14.1. The van der Waals surface area contributed by atoms with Crippen molar-refractivity contribution in [2.45, 2.75) is 6.04 Å². The van der Waals surface area contributed by atoms with Gasteiger partial charge in [-0.2, -0.15) is 0 Å². The lowest BCUT2D eigenvalue weighted by molar-refractivity contribution is 0.0498. The first-order valence-electron chi connectivity index (χ1n) is 7.15. The zero-order valence-corrected chi connectivity index (χ0v) is 12.4. The summed E-state index contributed by atoms with van der Waals surface area (Å²) in [7, 11) is 1.63. The number of ether oxygens (including phenoxy) is 2. The lowest BCUT2D eigenvalue weighted by Crippen LogP contribution is -2.50. The van der Waals surface area contributed by atoms with Gasteiger partial charge in [0.1, 0.15) is 12.4 Å². The summed E-state index contributed by atoms with van der Waals surface area (Å²) in [6, 6.07) is 7.40. The molecule has 2 aromatic rings. The van der Waals surface area contributed by atoms with Crippen molar-refractivity contribution in [2.75, 3.05) is 33.4 Å². The summed E-state index contributed by atoms with van der Waals surface area (Å²) >= 11 is 0. The number of methoxy groups -OCH3 is 1. The Labute approximate surface area is 128 Å². The van der Waals surface area contributed by atoms with E-state index in [2.05, 4.69) is 10.3 Å². The van der Waals surface area contributed by atoms with Crippen LogP contribution in [0.4, 0.5) is 0 Å². The molecular formula is C15H18N4O3. The third kappa shape index (κ3) is 3.09. The van der Waals surface area contributed by atoms with Crippen LogP contribution in [0.5, 0.6) is 5.75 Å². The first kappa shape index (κ1) is 14.5. The topological polar surface area (TPSA) is 69.5 Å². The highest BCUT2D eigenvalue weighted by Crippen LogP contribution is 2.23. The van der Waals surface area contributed by atoms with Crippen molar-refractivity contribution in [3.8, 4) is 5.75 Å². The molecule has 0 atom stereocenters. The monoisotopic (exact) mass is 302 g/mol. The highest BCUT2D eigenvalue weighted by Gasteiger charge is 2.32. The van der Waals surface area contributed by atoms with E-state index in [4.69, 9.17) is 9.47 Å². The van der Waals surface area contributed by atoms with Gasteiger partial charge in [0, 0.05) is 32.0 Å². The average Bonchev–Trinajstić information content (AvgIpc) is 3.00. The molecule has 1 amide bonds. The maximum atomic E-state index is 12.3. The van der Waals surface area contributed by atoms with Crippen LogP contribution in [0.3, 0.4) is 0 Å². The Kier molecular flexibility index (Phi) is 4.34. The van der Waals surface area contributed by atoms with E-state index in [1.165, 1.54) is 0 Å². The number of carbonyl (C=O) groups excluding carboxylic acids is 1. The molecule has 116 valence electrons. The van der Waals surface area contributed by atoms with Gasteiger partial charge in [-0.3, -0.25) is 4.79 Å². The second-order valence-electron chi connectivity index (χ2n) is 5.11. The van der Waals surface area contributed by atoms with Crippen LogP contribution in [0.25, 0.3) is 0 Å². The van der Waals surface area contributed by atoms with Gasteiger partial charge in [-0.25, -0.2) is 4.68 Å². The fourth-order valence-corrected chi connectivity index (χ4v) is 2.32. The molecule has 0 unspecified atom stereocenters. The summed E-state index contributed by atoms with van der Waals surface area (Å²) in [6.07, 6.45) is 3.46. The Bertz CT molecular complexity index is 606. The van der Waals surface area contributed by atoms with Gasteiger partial charge in [0.2, 0.25) is 0 Å². The first-order chi connectivity index (χ1) is 10.8. The Balaban J connectivity index is 1.53. The molecule has 0 aliphatic carbocycles. The van der Waals surface area contributed by atoms with Crippen molar-refractivity contribution >= 4 is 5.91 Å². The summed E-state index contributed by atoms with van der Waals surface area (Å²) < 4.78 is 12.2. The van der Waals surface area contributed by atoms with Crippen molar-refractivity contribution in [3.63, 3.8) is 0 Å². The van der Waals surface area contributed by atoms with Gasteiger partial charge < -0.3 is 14.4 Å². The molecule has 0 radical (unpaired) electrons. The molecule has 0 N–H and O–H groups in total. The van der Waals surface area contributed by atoms with Crippen LogP contribution in [0, 0.1) is 0 Å². The number of rotatable bonds is 6. The van der Waals surface area contributed by atoms with E-state index in [1.54, 1.807) is 47.2 Å². The molecule has 1 saturated heterocycles. The molecule has 1 fully saturated rings. The van der Waals surface area contributed by atoms with Crippen LogP contribution in [-0.4, -0.2) is 59.2 Å². The summed E-state index contributed by atoms with van der Waals surface area (Å²) in [5, 5.41) is 7.73. The molecule has 7 heteroatoms. The van der Waals surface area contributed by atoms with Crippen molar-refractivity contribution in [1.82, 2.24) is 19.9 Å². The Morgan fingerprint density at radius 3 is 2.68 bits per heavy atom. The second kappa shape index (κ2) is 6.57. The van der Waals surface area contributed by atoms with Gasteiger partial charge in [-0.15, -0.1) is 5.10 Å². The van der Waals surface area contributed by atoms with Gasteiger partial charge in [0.25, 0.3) is 5.91 Å². The number of aromatic nitrogens is 3. The third-order valence-electron chi connectivity index (χ3n) is 3.62. The van der Waals surface area contributed by atoms with E-state index in [-0.39, 0.29) is 11.9 Å². The number of amides is 1. The van der Waals surface area contributed by atoms with Crippen molar-refractivity contribution in [2.24, 2.45) is 0 Å². The quantitative estimate of drug-likeness (QED) is 0.745. The molecule has 3 rings (SSSR count). The second-order valence-corrected chi connectivity index (χ2v) is 5.11. The minimum absolute atomic E-state index is 0.0276. The number of likely N-dealkylation sites (tertiary alicyclic amines) is 1. The first-order valence-corrected chi connectivity index (χ1v) is 7.15. The molecule has 0 saturated carbocycles. The largest absolute Gasteiger partial charge is 0.491 e. The normalized spacial score (nSPS) is 14.7. The molecule has 7 nitrogen and oxygen atoms in total. The van der Waals surface area contributed by atoms with E-state index in [0.29, 0.717) is 31.9 Å². The van der Waals surface area contributed by atoms with E-state index in [9.17, 15) is 4.79 Å². The van der Waals surface area contributed by atoms with Gasteiger partial charge in [-0.1, -0.05) is 5.21 Å². The predicted molar refractivity (Wildman–Crippen MR) is 78.8 cm³/mol.